The van der Waals surface area contributed by atoms with Crippen LogP contribution in [0.4, 0.5) is 0 Å². The first-order valence-corrected chi connectivity index (χ1v) is 8.01. The van der Waals surface area contributed by atoms with Crippen molar-refractivity contribution in [2.75, 3.05) is 0 Å². The van der Waals surface area contributed by atoms with E-state index in [1.807, 2.05) is 39.8 Å². The van der Waals surface area contributed by atoms with Gasteiger partial charge in [-0.05, 0) is 52.8 Å². The molecular formula is C19H23N3O2. The van der Waals surface area contributed by atoms with Crippen molar-refractivity contribution >= 4 is 12.1 Å². The van der Waals surface area contributed by atoms with Crippen LogP contribution in [0.5, 0.6) is 5.75 Å². The number of hydrazone groups is 1. The van der Waals surface area contributed by atoms with Gasteiger partial charge in [-0.2, -0.15) is 5.10 Å². The maximum Gasteiger partial charge on any atom is 0.289 e. The molecule has 0 fully saturated rings. The Morgan fingerprint density at radius 1 is 1.17 bits per heavy atom. The van der Waals surface area contributed by atoms with Gasteiger partial charge in [-0.3, -0.25) is 9.78 Å². The molecule has 0 spiro atoms. The molecule has 1 amide bonds. The topological polar surface area (TPSA) is 74.6 Å². The molecule has 2 rings (SSSR count). The minimum absolute atomic E-state index is 0.193. The Balaban J connectivity index is 2.21. The van der Waals surface area contributed by atoms with Crippen LogP contribution in [0.2, 0.25) is 0 Å². The number of rotatable bonds is 5. The molecule has 24 heavy (non-hydrogen) atoms. The first-order valence-electron chi connectivity index (χ1n) is 8.01. The van der Waals surface area contributed by atoms with E-state index in [2.05, 4.69) is 15.5 Å². The summed E-state index contributed by atoms with van der Waals surface area (Å²) in [6, 6.07) is 8.90. The number of phenolic OH excluding ortho intramolecular Hbond substituents is 1. The van der Waals surface area contributed by atoms with Gasteiger partial charge >= 0.3 is 0 Å². The Hall–Kier alpha value is -2.69. The highest BCUT2D eigenvalue weighted by atomic mass is 16.3. The molecule has 5 heteroatoms. The molecule has 0 aliphatic carbocycles. The van der Waals surface area contributed by atoms with E-state index < -0.39 is 0 Å². The molecule has 0 saturated carbocycles. The van der Waals surface area contributed by atoms with Crippen LogP contribution >= 0.6 is 0 Å². The lowest BCUT2D eigenvalue weighted by atomic mass is 9.92. The van der Waals surface area contributed by atoms with E-state index in [1.54, 1.807) is 30.6 Å². The zero-order valence-corrected chi connectivity index (χ0v) is 14.4. The van der Waals surface area contributed by atoms with Gasteiger partial charge in [0.1, 0.15) is 11.4 Å². The van der Waals surface area contributed by atoms with Gasteiger partial charge in [0.25, 0.3) is 5.91 Å². The Bertz CT molecular complexity index is 709. The summed E-state index contributed by atoms with van der Waals surface area (Å²) in [5.41, 5.74) is 5.36. The van der Waals surface area contributed by atoms with E-state index in [-0.39, 0.29) is 17.7 Å². The molecule has 0 bridgehead atoms. The van der Waals surface area contributed by atoms with E-state index in [4.69, 9.17) is 0 Å². The molecule has 0 aliphatic rings. The summed E-state index contributed by atoms with van der Waals surface area (Å²) in [6.07, 6.45) is 3.14. The standard InChI is InChI=1S/C19H23N3O2/c1-12(2)15-9-14(10-16(13(3)4)18(15)23)11-21-22-19(24)17-7-5-6-8-20-17/h5-13,23H,1-4H3,(H,22,24)/b21-11-. The Kier molecular flexibility index (Phi) is 5.68. The lowest BCUT2D eigenvalue weighted by Gasteiger charge is -2.16. The number of carbonyl (C=O) groups is 1. The van der Waals surface area contributed by atoms with Crippen LogP contribution in [0, 0.1) is 0 Å². The van der Waals surface area contributed by atoms with Gasteiger partial charge in [0.05, 0.1) is 6.21 Å². The van der Waals surface area contributed by atoms with Gasteiger partial charge < -0.3 is 5.11 Å². The summed E-state index contributed by atoms with van der Waals surface area (Å²) in [6.45, 7) is 8.12. The number of aromatic hydroxyl groups is 1. The summed E-state index contributed by atoms with van der Waals surface area (Å²) in [5, 5.41) is 14.4. The number of aromatic nitrogens is 1. The van der Waals surface area contributed by atoms with Crippen molar-refractivity contribution in [2.24, 2.45) is 5.10 Å². The maximum absolute atomic E-state index is 11.9. The molecule has 0 saturated heterocycles. The van der Waals surface area contributed by atoms with Crippen LogP contribution in [-0.2, 0) is 0 Å². The van der Waals surface area contributed by atoms with Gasteiger partial charge in [-0.1, -0.05) is 33.8 Å². The van der Waals surface area contributed by atoms with Crippen molar-refractivity contribution < 1.29 is 9.90 Å². The molecule has 126 valence electrons. The first kappa shape index (κ1) is 17.7. The molecule has 0 aliphatic heterocycles. The average Bonchev–Trinajstić information content (AvgIpc) is 2.56. The Labute approximate surface area is 142 Å². The number of carbonyl (C=O) groups excluding carboxylic acids is 1. The fourth-order valence-electron chi connectivity index (χ4n) is 2.38. The molecule has 0 atom stereocenters. The summed E-state index contributed by atoms with van der Waals surface area (Å²) in [7, 11) is 0. The molecule has 1 heterocycles. The minimum atomic E-state index is -0.362. The molecule has 2 N–H and O–H groups in total. The number of hydrogen-bond acceptors (Lipinski definition) is 4. The molecule has 0 radical (unpaired) electrons. The van der Waals surface area contributed by atoms with Crippen LogP contribution in [0.1, 0.15) is 66.7 Å². The summed E-state index contributed by atoms with van der Waals surface area (Å²) < 4.78 is 0. The predicted molar refractivity (Wildman–Crippen MR) is 95.6 cm³/mol. The second-order valence-electron chi connectivity index (χ2n) is 6.27. The Morgan fingerprint density at radius 3 is 2.29 bits per heavy atom. The third-order valence-corrected chi connectivity index (χ3v) is 3.71. The smallest absolute Gasteiger partial charge is 0.289 e. The van der Waals surface area contributed by atoms with Crippen molar-refractivity contribution in [3.63, 3.8) is 0 Å². The van der Waals surface area contributed by atoms with Gasteiger partial charge in [0.15, 0.2) is 0 Å². The third-order valence-electron chi connectivity index (χ3n) is 3.71. The molecule has 0 unspecified atom stereocenters. The van der Waals surface area contributed by atoms with Crippen molar-refractivity contribution in [3.8, 4) is 5.75 Å². The van der Waals surface area contributed by atoms with Crippen LogP contribution in [0.3, 0.4) is 0 Å². The van der Waals surface area contributed by atoms with Crippen LogP contribution in [0.15, 0.2) is 41.6 Å². The number of nitrogens with zero attached hydrogens (tertiary/aromatic N) is 2. The summed E-state index contributed by atoms with van der Waals surface area (Å²) >= 11 is 0. The van der Waals surface area contributed by atoms with Gasteiger partial charge in [-0.15, -0.1) is 0 Å². The van der Waals surface area contributed by atoms with Gasteiger partial charge in [0, 0.05) is 6.20 Å². The molecule has 5 nitrogen and oxygen atoms in total. The minimum Gasteiger partial charge on any atom is -0.507 e. The highest BCUT2D eigenvalue weighted by molar-refractivity contribution is 5.93. The van der Waals surface area contributed by atoms with E-state index >= 15 is 0 Å². The van der Waals surface area contributed by atoms with Crippen molar-refractivity contribution in [1.82, 2.24) is 10.4 Å². The number of amides is 1. The number of pyridine rings is 1. The molecule has 1 aromatic heterocycles. The molecule has 1 aromatic carbocycles. The van der Waals surface area contributed by atoms with Crippen molar-refractivity contribution in [1.29, 1.82) is 0 Å². The summed E-state index contributed by atoms with van der Waals surface area (Å²) in [5.74, 6) is 0.367. The predicted octanol–water partition coefficient (Wildman–Crippen LogP) is 3.80. The fourth-order valence-corrected chi connectivity index (χ4v) is 2.38. The SMILES string of the molecule is CC(C)c1cc(/C=N\NC(=O)c2ccccn2)cc(C(C)C)c1O. The highest BCUT2D eigenvalue weighted by Gasteiger charge is 2.14. The molecular weight excluding hydrogens is 302 g/mol. The van der Waals surface area contributed by atoms with Crippen LogP contribution in [-0.4, -0.2) is 22.2 Å². The zero-order valence-electron chi connectivity index (χ0n) is 14.4. The number of nitrogens with one attached hydrogen (secondary N) is 1. The number of phenols is 1. The average molecular weight is 325 g/mol. The summed E-state index contributed by atoms with van der Waals surface area (Å²) in [4.78, 5) is 15.9. The zero-order chi connectivity index (χ0) is 17.7. The monoisotopic (exact) mass is 325 g/mol. The number of hydrogen-bond donors (Lipinski definition) is 2. The lowest BCUT2D eigenvalue weighted by molar-refractivity contribution is 0.0950. The van der Waals surface area contributed by atoms with Crippen LogP contribution < -0.4 is 5.43 Å². The third kappa shape index (κ3) is 4.19. The second kappa shape index (κ2) is 7.73. The van der Waals surface area contributed by atoms with Gasteiger partial charge in [-0.25, -0.2) is 5.43 Å². The Morgan fingerprint density at radius 2 is 1.79 bits per heavy atom. The lowest BCUT2D eigenvalue weighted by Crippen LogP contribution is -2.18. The van der Waals surface area contributed by atoms with E-state index in [1.165, 1.54) is 0 Å². The normalized spacial score (nSPS) is 11.4. The first-order chi connectivity index (χ1) is 11.4. The largest absolute Gasteiger partial charge is 0.507 e. The highest BCUT2D eigenvalue weighted by Crippen LogP contribution is 2.34. The maximum atomic E-state index is 11.9. The second-order valence-corrected chi connectivity index (χ2v) is 6.27. The van der Waals surface area contributed by atoms with Crippen LogP contribution in [0.25, 0.3) is 0 Å². The van der Waals surface area contributed by atoms with Crippen molar-refractivity contribution in [2.45, 2.75) is 39.5 Å². The number of benzene rings is 1. The van der Waals surface area contributed by atoms with E-state index in [0.29, 0.717) is 11.4 Å². The van der Waals surface area contributed by atoms with E-state index in [0.717, 1.165) is 16.7 Å². The quantitative estimate of drug-likeness (QED) is 0.648. The molecule has 2 aromatic rings. The van der Waals surface area contributed by atoms with E-state index in [9.17, 15) is 9.90 Å². The van der Waals surface area contributed by atoms with Gasteiger partial charge in [0.2, 0.25) is 0 Å². The fraction of sp³-hybridized carbons (Fsp3) is 0.316. The van der Waals surface area contributed by atoms with Crippen molar-refractivity contribution in [3.05, 3.63) is 58.9 Å².